The Morgan fingerprint density at radius 3 is 2.50 bits per heavy atom. The van der Waals surface area contributed by atoms with Crippen molar-refractivity contribution in [3.8, 4) is 28.4 Å². The van der Waals surface area contributed by atoms with Crippen LogP contribution in [0.3, 0.4) is 0 Å². The molecule has 1 spiro atoms. The molecule has 0 saturated carbocycles. The number of benzene rings is 2. The van der Waals surface area contributed by atoms with Gasteiger partial charge in [0.2, 0.25) is 17.9 Å². The molecule has 2 atom stereocenters. The number of hydrogen-bond donors (Lipinski definition) is 3. The summed E-state index contributed by atoms with van der Waals surface area (Å²) in [6.07, 6.45) is -3.81. The maximum atomic E-state index is 14.9. The van der Waals surface area contributed by atoms with E-state index in [4.69, 9.17) is 26.8 Å². The Hall–Kier alpha value is -4.56. The highest BCUT2D eigenvalue weighted by molar-refractivity contribution is 6.32. The van der Waals surface area contributed by atoms with Crippen molar-refractivity contribution in [3.63, 3.8) is 0 Å². The number of carboxylic acids is 1. The lowest BCUT2D eigenvalue weighted by molar-refractivity contribution is -0.198. The van der Waals surface area contributed by atoms with Crippen LogP contribution in [0.2, 0.25) is 5.02 Å². The van der Waals surface area contributed by atoms with Gasteiger partial charge in [0.15, 0.2) is 0 Å². The largest absolute Gasteiger partial charge is 0.492 e. The number of piperidine rings is 1. The van der Waals surface area contributed by atoms with Crippen LogP contribution in [0.5, 0.6) is 11.6 Å². The summed E-state index contributed by atoms with van der Waals surface area (Å²) in [6, 6.07) is 12.2. The molecular formula is C33H35ClF3N7O4. The highest BCUT2D eigenvalue weighted by Gasteiger charge is 2.46. The number of alkyl halides is 3. The minimum absolute atomic E-state index is 0.154. The van der Waals surface area contributed by atoms with Gasteiger partial charge in [-0.15, -0.1) is 0 Å². The van der Waals surface area contributed by atoms with E-state index in [-0.39, 0.29) is 28.5 Å². The zero-order chi connectivity index (χ0) is 34.2. The lowest BCUT2D eigenvalue weighted by atomic mass is 9.76. The van der Waals surface area contributed by atoms with Crippen LogP contribution in [0.4, 0.5) is 24.9 Å². The number of nitrogens with one attached hydrogen (secondary N) is 1. The van der Waals surface area contributed by atoms with Gasteiger partial charge in [-0.05, 0) is 73.9 Å². The minimum atomic E-state index is -4.85. The molecule has 0 aliphatic carbocycles. The van der Waals surface area contributed by atoms with Gasteiger partial charge in [-0.25, -0.2) is 4.68 Å². The third-order valence-corrected chi connectivity index (χ3v) is 9.19. The summed E-state index contributed by atoms with van der Waals surface area (Å²) in [5.74, 6) is -0.607. The molecule has 0 amide bonds. The van der Waals surface area contributed by atoms with Gasteiger partial charge in [-0.2, -0.15) is 28.2 Å². The summed E-state index contributed by atoms with van der Waals surface area (Å²) in [5, 5.41) is 17.2. The number of rotatable bonds is 9. The summed E-state index contributed by atoms with van der Waals surface area (Å²) in [5.41, 5.74) is 7.69. The second-order valence-electron chi connectivity index (χ2n) is 12.2. The number of aryl methyl sites for hydroxylation is 1. The molecule has 2 aromatic carbocycles. The number of nitrogens with two attached hydrogens (primary N) is 1. The second-order valence-corrected chi connectivity index (χ2v) is 12.6. The van der Waals surface area contributed by atoms with Gasteiger partial charge in [0.1, 0.15) is 17.6 Å². The Labute approximate surface area is 279 Å². The number of halogens is 4. The van der Waals surface area contributed by atoms with Crippen molar-refractivity contribution in [3.05, 3.63) is 71.0 Å². The number of hydrogen-bond acceptors (Lipinski definition) is 9. The lowest BCUT2D eigenvalue weighted by Gasteiger charge is -2.39. The van der Waals surface area contributed by atoms with Gasteiger partial charge in [0, 0.05) is 37.5 Å². The van der Waals surface area contributed by atoms with Crippen molar-refractivity contribution in [1.82, 2.24) is 25.1 Å². The molecule has 0 radical (unpaired) electrons. The molecule has 2 fully saturated rings. The van der Waals surface area contributed by atoms with E-state index < -0.39 is 24.3 Å². The van der Waals surface area contributed by atoms with Crippen molar-refractivity contribution in [1.29, 1.82) is 0 Å². The molecule has 1 unspecified atom stereocenters. The van der Waals surface area contributed by atoms with Gasteiger partial charge in [-0.3, -0.25) is 4.79 Å². The molecule has 4 N–H and O–H groups in total. The van der Waals surface area contributed by atoms with Crippen LogP contribution in [0.15, 0.2) is 54.7 Å². The molecule has 254 valence electrons. The van der Waals surface area contributed by atoms with Crippen LogP contribution in [0.25, 0.3) is 16.8 Å². The zero-order valence-corrected chi connectivity index (χ0v) is 27.1. The normalized spacial score (nSPS) is 18.2. The fourth-order valence-corrected chi connectivity index (χ4v) is 6.64. The van der Waals surface area contributed by atoms with E-state index in [1.54, 1.807) is 49.5 Å². The van der Waals surface area contributed by atoms with Crippen molar-refractivity contribution in [2.24, 2.45) is 5.41 Å². The quantitative estimate of drug-likeness (QED) is 0.193. The summed E-state index contributed by atoms with van der Waals surface area (Å²) >= 11 is 6.42. The number of aromatic nitrogens is 4. The number of aliphatic carboxylic acids is 1. The molecule has 11 nitrogen and oxygen atoms in total. The van der Waals surface area contributed by atoms with Crippen LogP contribution in [-0.4, -0.2) is 69.3 Å². The van der Waals surface area contributed by atoms with Crippen molar-refractivity contribution >= 4 is 29.3 Å². The third kappa shape index (κ3) is 6.99. The number of anilines is 2. The maximum absolute atomic E-state index is 14.9. The van der Waals surface area contributed by atoms with E-state index in [1.807, 2.05) is 11.8 Å². The summed E-state index contributed by atoms with van der Waals surface area (Å²) in [4.78, 5) is 21.7. The first kappa shape index (κ1) is 33.3. The Bertz CT molecular complexity index is 1810. The molecule has 4 heterocycles. The monoisotopic (exact) mass is 685 g/mol. The smallest absolute Gasteiger partial charge is 0.429 e. The molecule has 2 aliphatic heterocycles. The van der Waals surface area contributed by atoms with Gasteiger partial charge in [0.25, 0.3) is 0 Å². The molecule has 0 bridgehead atoms. The predicted molar refractivity (Wildman–Crippen MR) is 174 cm³/mol. The molecule has 15 heteroatoms. The topological polar surface area (TPSA) is 141 Å². The third-order valence-electron chi connectivity index (χ3n) is 8.90. The van der Waals surface area contributed by atoms with Crippen molar-refractivity contribution < 1.29 is 32.5 Å². The molecule has 2 aliphatic rings. The molecule has 48 heavy (non-hydrogen) atoms. The average Bonchev–Trinajstić information content (AvgIpc) is 3.67. The molecule has 6 rings (SSSR count). The van der Waals surface area contributed by atoms with E-state index in [0.29, 0.717) is 78.9 Å². The summed E-state index contributed by atoms with van der Waals surface area (Å²) in [7, 11) is 0. The van der Waals surface area contributed by atoms with Crippen molar-refractivity contribution in [2.45, 2.75) is 51.4 Å². The van der Waals surface area contributed by atoms with E-state index in [1.165, 1.54) is 16.8 Å². The minimum Gasteiger partial charge on any atom is -0.492 e. The zero-order valence-electron chi connectivity index (χ0n) is 26.3. The van der Waals surface area contributed by atoms with E-state index in [0.717, 1.165) is 0 Å². The van der Waals surface area contributed by atoms with Crippen LogP contribution in [0.1, 0.15) is 43.5 Å². The first-order chi connectivity index (χ1) is 22.8. The number of ether oxygens (including phenoxy) is 2. The van der Waals surface area contributed by atoms with Gasteiger partial charge in [-0.1, -0.05) is 29.8 Å². The highest BCUT2D eigenvalue weighted by atomic mass is 35.5. The fraction of sp³-hybridized carbons (Fsp3) is 0.394. The van der Waals surface area contributed by atoms with Gasteiger partial charge < -0.3 is 30.5 Å². The Morgan fingerprint density at radius 1 is 1.15 bits per heavy atom. The van der Waals surface area contributed by atoms with Crippen LogP contribution < -0.4 is 25.4 Å². The first-order valence-electron chi connectivity index (χ1n) is 15.5. The molecular weight excluding hydrogens is 651 g/mol. The van der Waals surface area contributed by atoms with Gasteiger partial charge >= 0.3 is 12.1 Å². The van der Waals surface area contributed by atoms with Crippen LogP contribution in [-0.2, 0) is 4.79 Å². The highest BCUT2D eigenvalue weighted by Crippen LogP contribution is 2.43. The van der Waals surface area contributed by atoms with Crippen molar-refractivity contribution in [2.75, 3.05) is 36.9 Å². The number of carbonyl (C=O) groups is 1. The fourth-order valence-electron chi connectivity index (χ4n) is 6.41. The summed E-state index contributed by atoms with van der Waals surface area (Å²) in [6.45, 7) is 5.64. The Balaban J connectivity index is 1.31. The molecule has 2 saturated heterocycles. The molecule has 2 aromatic heterocycles. The SMILES string of the molecule is CCOc1ccc(-c2ccc([C@@H](Oc3cc(N4CCC5(CC4)CNC(C(=O)O)C5)nc(N)n3)C(F)(F)F)c(-n3ccc(C)n3)c2)cc1Cl. The number of nitrogens with zero attached hydrogens (tertiary/aromatic N) is 5. The number of carboxylic acid groups (broad SMARTS) is 1. The number of nitrogen functional groups attached to an aromatic ring is 1. The Morgan fingerprint density at radius 2 is 1.88 bits per heavy atom. The average molecular weight is 686 g/mol. The van der Waals surface area contributed by atoms with Crippen LogP contribution in [0, 0.1) is 12.3 Å². The first-order valence-corrected chi connectivity index (χ1v) is 15.9. The maximum Gasteiger partial charge on any atom is 0.429 e. The predicted octanol–water partition coefficient (Wildman–Crippen LogP) is 5.99. The lowest BCUT2D eigenvalue weighted by Crippen LogP contribution is -2.41. The van der Waals surface area contributed by atoms with Gasteiger partial charge in [0.05, 0.1) is 23.0 Å². The van der Waals surface area contributed by atoms with Crippen LogP contribution >= 0.6 is 11.6 Å². The Kier molecular flexibility index (Phi) is 9.14. The van der Waals surface area contributed by atoms with E-state index in [2.05, 4.69) is 20.4 Å². The standard InChI is InChI=1S/C33H35ClF3N7O4/c1-3-47-26-7-5-20(14-23(26)34)21-4-6-22(25(15-21)44-11-8-19(2)42-44)29(33(35,36)37)48-28-16-27(40-31(38)41-28)43-12-9-32(10-13-43)17-24(30(45)46)39-18-32/h4-8,11,14-16,24,29,39H,3,9-10,12-13,17-18H2,1-2H3,(H,45,46)(H2,38,40,41)/t24?,29-/m1/s1. The summed E-state index contributed by atoms with van der Waals surface area (Å²) < 4.78 is 57.2. The second kappa shape index (κ2) is 13.2. The van der Waals surface area contributed by atoms with E-state index >= 15 is 0 Å². The molecule has 4 aromatic rings. The van der Waals surface area contributed by atoms with E-state index in [9.17, 15) is 23.1 Å².